The van der Waals surface area contributed by atoms with E-state index < -0.39 is 0 Å². The number of aromatic nitrogens is 2. The molecule has 5 nitrogen and oxygen atoms in total. The van der Waals surface area contributed by atoms with Gasteiger partial charge in [0.25, 0.3) is 0 Å². The van der Waals surface area contributed by atoms with E-state index in [0.29, 0.717) is 5.92 Å². The van der Waals surface area contributed by atoms with Crippen molar-refractivity contribution in [2.45, 2.75) is 46.6 Å². The van der Waals surface area contributed by atoms with Gasteiger partial charge in [0.2, 0.25) is 0 Å². The van der Waals surface area contributed by atoms with Crippen LogP contribution in [0.1, 0.15) is 38.8 Å². The van der Waals surface area contributed by atoms with Gasteiger partial charge in [-0.25, -0.2) is 4.68 Å². The monoisotopic (exact) mass is 254 g/mol. The third-order valence-corrected chi connectivity index (χ3v) is 3.09. The van der Waals surface area contributed by atoms with Gasteiger partial charge in [-0.3, -0.25) is 0 Å². The Morgan fingerprint density at radius 1 is 1.50 bits per heavy atom. The van der Waals surface area contributed by atoms with Gasteiger partial charge >= 0.3 is 0 Å². The first-order chi connectivity index (χ1) is 8.60. The average molecular weight is 254 g/mol. The number of hydrogen-bond acceptors (Lipinski definition) is 4. The summed E-state index contributed by atoms with van der Waals surface area (Å²) >= 11 is 0. The number of nitrogen functional groups attached to an aromatic ring is 1. The second-order valence-corrected chi connectivity index (χ2v) is 4.93. The van der Waals surface area contributed by atoms with Gasteiger partial charge in [0.15, 0.2) is 0 Å². The number of anilines is 2. The van der Waals surface area contributed by atoms with E-state index in [1.165, 1.54) is 0 Å². The molecule has 1 rings (SSSR count). The van der Waals surface area contributed by atoms with Gasteiger partial charge in [-0.1, -0.05) is 13.8 Å². The molecule has 1 unspecified atom stereocenters. The maximum atomic E-state index is 8.96. The third-order valence-electron chi connectivity index (χ3n) is 3.09. The molecule has 0 amide bonds. The summed E-state index contributed by atoms with van der Waals surface area (Å²) in [5.41, 5.74) is 7.65. The van der Waals surface area contributed by atoms with Gasteiger partial charge in [0.1, 0.15) is 5.82 Å². The molecule has 1 aromatic heterocycles. The Morgan fingerprint density at radius 2 is 2.22 bits per heavy atom. The van der Waals surface area contributed by atoms with Gasteiger partial charge < -0.3 is 16.2 Å². The minimum atomic E-state index is 0.259. The number of nitrogens with zero attached hydrogens (tertiary/aromatic N) is 2. The summed E-state index contributed by atoms with van der Waals surface area (Å²) in [7, 11) is 0. The Hall–Kier alpha value is -1.23. The van der Waals surface area contributed by atoms with E-state index in [1.807, 2.05) is 11.6 Å². The van der Waals surface area contributed by atoms with Crippen molar-refractivity contribution in [3.05, 3.63) is 5.69 Å². The second kappa shape index (κ2) is 7.26. The van der Waals surface area contributed by atoms with Crippen LogP contribution in [0.2, 0.25) is 0 Å². The molecular formula is C13H26N4O. The summed E-state index contributed by atoms with van der Waals surface area (Å²) < 4.78 is 1.94. The predicted molar refractivity (Wildman–Crippen MR) is 75.6 cm³/mol. The van der Waals surface area contributed by atoms with Crippen LogP contribution in [0.5, 0.6) is 0 Å². The van der Waals surface area contributed by atoms with E-state index in [-0.39, 0.29) is 6.61 Å². The predicted octanol–water partition coefficient (Wildman–Crippen LogP) is 2.00. The van der Waals surface area contributed by atoms with Crippen molar-refractivity contribution in [3.8, 4) is 0 Å². The van der Waals surface area contributed by atoms with Crippen molar-refractivity contribution in [2.75, 3.05) is 24.2 Å². The van der Waals surface area contributed by atoms with E-state index in [9.17, 15) is 0 Å². The van der Waals surface area contributed by atoms with Crippen LogP contribution in [-0.4, -0.2) is 28.0 Å². The molecule has 104 valence electrons. The number of aliphatic hydroxyl groups is 1. The van der Waals surface area contributed by atoms with Crippen molar-refractivity contribution in [1.82, 2.24) is 9.78 Å². The topological polar surface area (TPSA) is 76.1 Å². The van der Waals surface area contributed by atoms with Crippen LogP contribution in [0.25, 0.3) is 0 Å². The lowest BCUT2D eigenvalue weighted by Gasteiger charge is -2.11. The highest BCUT2D eigenvalue weighted by Crippen LogP contribution is 2.22. The molecule has 0 saturated carbocycles. The largest absolute Gasteiger partial charge is 0.396 e. The molecular weight excluding hydrogens is 228 g/mol. The molecule has 1 heterocycles. The summed E-state index contributed by atoms with van der Waals surface area (Å²) in [6.07, 6.45) is 3.08. The molecule has 1 aromatic rings. The Labute approximate surface area is 109 Å². The summed E-state index contributed by atoms with van der Waals surface area (Å²) in [6, 6.07) is 0. The quantitative estimate of drug-likeness (QED) is 0.620. The number of aliphatic hydroxyl groups excluding tert-OH is 1. The smallest absolute Gasteiger partial charge is 0.148 e. The fourth-order valence-corrected chi connectivity index (χ4v) is 1.90. The Morgan fingerprint density at radius 3 is 2.83 bits per heavy atom. The van der Waals surface area contributed by atoms with Crippen LogP contribution in [0, 0.1) is 12.8 Å². The van der Waals surface area contributed by atoms with Crippen LogP contribution in [0.3, 0.4) is 0 Å². The highest BCUT2D eigenvalue weighted by Gasteiger charge is 2.11. The lowest BCUT2D eigenvalue weighted by molar-refractivity contribution is 0.229. The van der Waals surface area contributed by atoms with Gasteiger partial charge in [0, 0.05) is 19.7 Å². The standard InChI is InChI=1S/C13H26N4O/c1-4-8-17-13(12(14)11(3)16-17)15-7-5-6-10(2)9-18/h10,15,18H,4-9,14H2,1-3H3. The maximum absolute atomic E-state index is 8.96. The molecule has 1 atom stereocenters. The highest BCUT2D eigenvalue weighted by molar-refractivity contribution is 5.64. The van der Waals surface area contributed by atoms with Crippen molar-refractivity contribution < 1.29 is 5.11 Å². The molecule has 0 aliphatic rings. The summed E-state index contributed by atoms with van der Waals surface area (Å²) in [6.45, 7) is 8.12. The molecule has 0 saturated heterocycles. The molecule has 5 heteroatoms. The summed E-state index contributed by atoms with van der Waals surface area (Å²) in [5, 5.41) is 16.7. The normalized spacial score (nSPS) is 12.7. The molecule has 4 N–H and O–H groups in total. The average Bonchev–Trinajstić information content (AvgIpc) is 2.62. The van der Waals surface area contributed by atoms with Crippen molar-refractivity contribution in [2.24, 2.45) is 5.92 Å². The van der Waals surface area contributed by atoms with Crippen LogP contribution in [0.15, 0.2) is 0 Å². The first-order valence-corrected chi connectivity index (χ1v) is 6.77. The fraction of sp³-hybridized carbons (Fsp3) is 0.769. The van der Waals surface area contributed by atoms with Crippen molar-refractivity contribution in [1.29, 1.82) is 0 Å². The maximum Gasteiger partial charge on any atom is 0.148 e. The Balaban J connectivity index is 2.50. The van der Waals surface area contributed by atoms with E-state index in [4.69, 9.17) is 10.8 Å². The third kappa shape index (κ3) is 3.91. The van der Waals surface area contributed by atoms with Gasteiger partial charge in [-0.15, -0.1) is 0 Å². The Kier molecular flexibility index (Phi) is 5.98. The number of nitrogens with one attached hydrogen (secondary N) is 1. The van der Waals surface area contributed by atoms with Crippen LogP contribution in [0.4, 0.5) is 11.5 Å². The van der Waals surface area contributed by atoms with Gasteiger partial charge in [0.05, 0.1) is 11.4 Å². The first kappa shape index (κ1) is 14.8. The van der Waals surface area contributed by atoms with Gasteiger partial charge in [-0.05, 0) is 32.1 Å². The summed E-state index contributed by atoms with van der Waals surface area (Å²) in [4.78, 5) is 0. The van der Waals surface area contributed by atoms with Gasteiger partial charge in [-0.2, -0.15) is 5.10 Å². The second-order valence-electron chi connectivity index (χ2n) is 4.93. The minimum absolute atomic E-state index is 0.259. The molecule has 0 bridgehead atoms. The molecule has 0 aliphatic heterocycles. The van der Waals surface area contributed by atoms with E-state index in [2.05, 4.69) is 24.3 Å². The molecule has 0 radical (unpaired) electrons. The SMILES string of the molecule is CCCn1nc(C)c(N)c1NCCCC(C)CO. The van der Waals surface area contributed by atoms with E-state index >= 15 is 0 Å². The lowest BCUT2D eigenvalue weighted by Crippen LogP contribution is -2.11. The number of nitrogens with two attached hydrogens (primary N) is 1. The van der Waals surface area contributed by atoms with Crippen molar-refractivity contribution >= 4 is 11.5 Å². The first-order valence-electron chi connectivity index (χ1n) is 6.77. The minimum Gasteiger partial charge on any atom is -0.396 e. The van der Waals surface area contributed by atoms with E-state index in [0.717, 1.165) is 49.6 Å². The number of hydrogen-bond donors (Lipinski definition) is 3. The van der Waals surface area contributed by atoms with Crippen molar-refractivity contribution in [3.63, 3.8) is 0 Å². The van der Waals surface area contributed by atoms with E-state index in [1.54, 1.807) is 0 Å². The number of rotatable bonds is 8. The molecule has 0 aliphatic carbocycles. The fourth-order valence-electron chi connectivity index (χ4n) is 1.90. The Bertz CT molecular complexity index is 362. The van der Waals surface area contributed by atoms with Crippen LogP contribution >= 0.6 is 0 Å². The highest BCUT2D eigenvalue weighted by atomic mass is 16.3. The summed E-state index contributed by atoms with van der Waals surface area (Å²) in [5.74, 6) is 1.30. The lowest BCUT2D eigenvalue weighted by atomic mass is 10.1. The molecule has 18 heavy (non-hydrogen) atoms. The van der Waals surface area contributed by atoms with Crippen LogP contribution in [-0.2, 0) is 6.54 Å². The zero-order chi connectivity index (χ0) is 13.5. The van der Waals surface area contributed by atoms with Crippen LogP contribution < -0.4 is 11.1 Å². The zero-order valence-electron chi connectivity index (χ0n) is 11.7. The molecule has 0 aromatic carbocycles. The zero-order valence-corrected chi connectivity index (χ0v) is 11.7. The number of aryl methyl sites for hydroxylation is 2. The molecule has 0 fully saturated rings. The molecule has 0 spiro atoms.